The minimum absolute atomic E-state index is 0.0562. The summed E-state index contributed by atoms with van der Waals surface area (Å²) >= 11 is 0. The van der Waals surface area contributed by atoms with Crippen molar-refractivity contribution in [2.45, 2.75) is 31.8 Å². The van der Waals surface area contributed by atoms with Gasteiger partial charge in [-0.15, -0.1) is 5.10 Å². The third-order valence-corrected chi connectivity index (χ3v) is 5.40. The van der Waals surface area contributed by atoms with E-state index >= 15 is 0 Å². The van der Waals surface area contributed by atoms with Gasteiger partial charge in [0.1, 0.15) is 11.9 Å². The summed E-state index contributed by atoms with van der Waals surface area (Å²) in [7, 11) is 1.65. The molecule has 0 radical (unpaired) electrons. The molecule has 1 aromatic heterocycles. The molecule has 0 bridgehead atoms. The van der Waals surface area contributed by atoms with Gasteiger partial charge in [-0.1, -0.05) is 30.3 Å². The van der Waals surface area contributed by atoms with Gasteiger partial charge in [-0.25, -0.2) is 0 Å². The number of ether oxygens (including phenoxy) is 2. The van der Waals surface area contributed by atoms with Gasteiger partial charge in [-0.3, -0.25) is 4.79 Å². The highest BCUT2D eigenvalue weighted by Gasteiger charge is 2.24. The molecule has 150 valence electrons. The SMILES string of the molecule is COc1ccc(CCC(=O)N2CCC(Oc3nncc4ccccc34)CC2)cc1. The first-order valence-electron chi connectivity index (χ1n) is 10.0. The first-order valence-corrected chi connectivity index (χ1v) is 10.0. The van der Waals surface area contributed by atoms with Crippen molar-refractivity contribution < 1.29 is 14.3 Å². The van der Waals surface area contributed by atoms with E-state index in [1.807, 2.05) is 53.4 Å². The van der Waals surface area contributed by atoms with Crippen molar-refractivity contribution in [2.24, 2.45) is 0 Å². The molecule has 0 atom stereocenters. The second-order valence-electron chi connectivity index (χ2n) is 7.28. The molecule has 1 fully saturated rings. The van der Waals surface area contributed by atoms with E-state index < -0.39 is 0 Å². The summed E-state index contributed by atoms with van der Waals surface area (Å²) in [5.74, 6) is 1.61. The molecular weight excluding hydrogens is 366 g/mol. The summed E-state index contributed by atoms with van der Waals surface area (Å²) in [5, 5.41) is 10.2. The molecule has 0 spiro atoms. The summed E-state index contributed by atoms with van der Waals surface area (Å²) in [4.78, 5) is 14.5. The molecule has 2 heterocycles. The van der Waals surface area contributed by atoms with Crippen molar-refractivity contribution >= 4 is 16.7 Å². The fourth-order valence-corrected chi connectivity index (χ4v) is 3.67. The summed E-state index contributed by atoms with van der Waals surface area (Å²) < 4.78 is 11.3. The number of hydrogen-bond donors (Lipinski definition) is 0. The van der Waals surface area contributed by atoms with Crippen LogP contribution >= 0.6 is 0 Å². The number of hydrogen-bond acceptors (Lipinski definition) is 5. The van der Waals surface area contributed by atoms with Gasteiger partial charge in [-0.2, -0.15) is 5.10 Å². The predicted molar refractivity (Wildman–Crippen MR) is 111 cm³/mol. The Labute approximate surface area is 170 Å². The highest BCUT2D eigenvalue weighted by atomic mass is 16.5. The summed E-state index contributed by atoms with van der Waals surface area (Å²) in [6.45, 7) is 1.43. The lowest BCUT2D eigenvalue weighted by atomic mass is 10.1. The maximum Gasteiger partial charge on any atom is 0.241 e. The number of fused-ring (bicyclic) bond motifs is 1. The Kier molecular flexibility index (Phi) is 5.89. The quantitative estimate of drug-likeness (QED) is 0.642. The summed E-state index contributed by atoms with van der Waals surface area (Å²) in [5.41, 5.74) is 1.15. The van der Waals surface area contributed by atoms with Crippen molar-refractivity contribution in [3.8, 4) is 11.6 Å². The molecule has 1 saturated heterocycles. The Balaban J connectivity index is 1.28. The normalized spacial score (nSPS) is 14.7. The van der Waals surface area contributed by atoms with Gasteiger partial charge < -0.3 is 14.4 Å². The van der Waals surface area contributed by atoms with Crippen LogP contribution in [0.4, 0.5) is 0 Å². The van der Waals surface area contributed by atoms with Crippen LogP contribution in [-0.2, 0) is 11.2 Å². The number of amides is 1. The number of aryl methyl sites for hydroxylation is 1. The Morgan fingerprint density at radius 1 is 1.10 bits per heavy atom. The van der Waals surface area contributed by atoms with Gasteiger partial charge in [0, 0.05) is 43.1 Å². The van der Waals surface area contributed by atoms with Crippen LogP contribution in [-0.4, -0.2) is 47.3 Å². The van der Waals surface area contributed by atoms with Crippen molar-refractivity contribution in [3.63, 3.8) is 0 Å². The number of aromatic nitrogens is 2. The second kappa shape index (κ2) is 8.90. The molecule has 1 aliphatic heterocycles. The average Bonchev–Trinajstić information content (AvgIpc) is 2.78. The molecule has 1 aliphatic rings. The van der Waals surface area contributed by atoms with Gasteiger partial charge in [0.25, 0.3) is 0 Å². The van der Waals surface area contributed by atoms with Crippen LogP contribution in [0.15, 0.2) is 54.7 Å². The van der Waals surface area contributed by atoms with Gasteiger partial charge in [0.05, 0.1) is 13.3 Å². The van der Waals surface area contributed by atoms with Crippen LogP contribution in [0.1, 0.15) is 24.8 Å². The number of nitrogens with zero attached hydrogens (tertiary/aromatic N) is 3. The Hall–Kier alpha value is -3.15. The van der Waals surface area contributed by atoms with Gasteiger partial charge in [-0.05, 0) is 30.2 Å². The summed E-state index contributed by atoms with van der Waals surface area (Å²) in [6, 6.07) is 15.8. The van der Waals surface area contributed by atoms with Crippen molar-refractivity contribution in [2.75, 3.05) is 20.2 Å². The number of rotatable bonds is 6. The van der Waals surface area contributed by atoms with E-state index in [0.29, 0.717) is 25.4 Å². The van der Waals surface area contributed by atoms with Crippen LogP contribution in [0.2, 0.25) is 0 Å². The maximum atomic E-state index is 12.6. The largest absolute Gasteiger partial charge is 0.497 e. The molecule has 0 N–H and O–H groups in total. The Morgan fingerprint density at radius 3 is 2.62 bits per heavy atom. The molecule has 3 aromatic rings. The van der Waals surface area contributed by atoms with Crippen molar-refractivity contribution in [1.29, 1.82) is 0 Å². The van der Waals surface area contributed by atoms with Crippen LogP contribution in [0.5, 0.6) is 11.6 Å². The molecule has 6 heteroatoms. The number of carbonyl (C=O) groups excluding carboxylic acids is 1. The fraction of sp³-hybridized carbons (Fsp3) is 0.348. The minimum Gasteiger partial charge on any atom is -0.497 e. The maximum absolute atomic E-state index is 12.6. The monoisotopic (exact) mass is 391 g/mol. The molecule has 6 nitrogen and oxygen atoms in total. The molecule has 2 aromatic carbocycles. The van der Waals surface area contributed by atoms with E-state index in [-0.39, 0.29) is 12.0 Å². The number of piperidine rings is 1. The molecule has 1 amide bonds. The topological polar surface area (TPSA) is 64.5 Å². The van der Waals surface area contributed by atoms with Gasteiger partial charge in [0.15, 0.2) is 0 Å². The lowest BCUT2D eigenvalue weighted by Crippen LogP contribution is -2.42. The van der Waals surface area contributed by atoms with E-state index in [0.717, 1.165) is 41.3 Å². The van der Waals surface area contributed by atoms with E-state index in [4.69, 9.17) is 9.47 Å². The van der Waals surface area contributed by atoms with E-state index in [9.17, 15) is 4.79 Å². The molecule has 4 rings (SSSR count). The number of likely N-dealkylation sites (tertiary alicyclic amines) is 1. The third-order valence-electron chi connectivity index (χ3n) is 5.40. The predicted octanol–water partition coefficient (Wildman–Crippen LogP) is 3.64. The lowest BCUT2D eigenvalue weighted by molar-refractivity contribution is -0.132. The molecule has 0 aliphatic carbocycles. The standard InChI is InChI=1S/C23H25N3O3/c1-28-19-9-6-17(7-10-19)8-11-22(27)26-14-12-20(13-15-26)29-23-21-5-3-2-4-18(21)16-24-25-23/h2-7,9-10,16,20H,8,11-15H2,1H3. The van der Waals surface area contributed by atoms with Gasteiger partial charge in [0.2, 0.25) is 11.8 Å². The van der Waals surface area contributed by atoms with E-state index in [1.165, 1.54) is 0 Å². The van der Waals surface area contributed by atoms with Crippen LogP contribution in [0.3, 0.4) is 0 Å². The highest BCUT2D eigenvalue weighted by Crippen LogP contribution is 2.25. The second-order valence-corrected chi connectivity index (χ2v) is 7.28. The zero-order valence-corrected chi connectivity index (χ0v) is 16.6. The molecular formula is C23H25N3O3. The fourth-order valence-electron chi connectivity index (χ4n) is 3.67. The van der Waals surface area contributed by atoms with Gasteiger partial charge >= 0.3 is 0 Å². The number of benzene rings is 2. The molecule has 29 heavy (non-hydrogen) atoms. The Morgan fingerprint density at radius 2 is 1.86 bits per heavy atom. The first kappa shape index (κ1) is 19.2. The highest BCUT2D eigenvalue weighted by molar-refractivity contribution is 5.85. The molecule has 0 unspecified atom stereocenters. The van der Waals surface area contributed by atoms with Crippen molar-refractivity contribution in [1.82, 2.24) is 15.1 Å². The van der Waals surface area contributed by atoms with E-state index in [2.05, 4.69) is 10.2 Å². The van der Waals surface area contributed by atoms with Crippen molar-refractivity contribution in [3.05, 3.63) is 60.3 Å². The smallest absolute Gasteiger partial charge is 0.241 e. The zero-order valence-electron chi connectivity index (χ0n) is 16.6. The van der Waals surface area contributed by atoms with Crippen LogP contribution < -0.4 is 9.47 Å². The minimum atomic E-state index is 0.0562. The zero-order chi connectivity index (χ0) is 20.1. The summed E-state index contributed by atoms with van der Waals surface area (Å²) in [6.07, 6.45) is 4.67. The number of methoxy groups -OCH3 is 1. The lowest BCUT2D eigenvalue weighted by Gasteiger charge is -2.32. The first-order chi connectivity index (χ1) is 14.2. The van der Waals surface area contributed by atoms with Crippen LogP contribution in [0.25, 0.3) is 10.8 Å². The van der Waals surface area contributed by atoms with Crippen LogP contribution in [0, 0.1) is 0 Å². The number of carbonyl (C=O) groups is 1. The Bertz CT molecular complexity index is 961. The molecule has 0 saturated carbocycles. The average molecular weight is 391 g/mol. The van der Waals surface area contributed by atoms with E-state index in [1.54, 1.807) is 13.3 Å². The third kappa shape index (κ3) is 4.65.